The van der Waals surface area contributed by atoms with E-state index < -0.39 is 16.2 Å². The van der Waals surface area contributed by atoms with Gasteiger partial charge in [0.1, 0.15) is 0 Å². The standard InChI is InChI=1S/C8H19N3O4S/c1-7(6-10-2)11-4-3-5-16(13,14)15-8(9)12/h7,10-11H,3-6H2,1-2H3,(H2,9,12). The van der Waals surface area contributed by atoms with Crippen molar-refractivity contribution >= 4 is 16.2 Å². The Kier molecular flexibility index (Phi) is 7.02. The lowest BCUT2D eigenvalue weighted by Crippen LogP contribution is -2.36. The van der Waals surface area contributed by atoms with Gasteiger partial charge in [0.25, 0.3) is 0 Å². The first-order chi connectivity index (χ1) is 7.37. The Morgan fingerprint density at radius 1 is 1.50 bits per heavy atom. The van der Waals surface area contributed by atoms with E-state index in [-0.39, 0.29) is 11.8 Å². The normalized spacial score (nSPS) is 13.4. The van der Waals surface area contributed by atoms with Crippen molar-refractivity contribution in [2.45, 2.75) is 19.4 Å². The zero-order valence-electron chi connectivity index (χ0n) is 9.52. The largest absolute Gasteiger partial charge is 0.420 e. The van der Waals surface area contributed by atoms with Crippen LogP contribution in [0.4, 0.5) is 4.79 Å². The Morgan fingerprint density at radius 2 is 2.12 bits per heavy atom. The molecule has 7 nitrogen and oxygen atoms in total. The van der Waals surface area contributed by atoms with Crippen LogP contribution >= 0.6 is 0 Å². The van der Waals surface area contributed by atoms with Crippen LogP contribution in [0.25, 0.3) is 0 Å². The second-order valence-corrected chi connectivity index (χ2v) is 5.12. The van der Waals surface area contributed by atoms with Crippen LogP contribution in [-0.2, 0) is 14.3 Å². The van der Waals surface area contributed by atoms with E-state index in [1.165, 1.54) is 0 Å². The predicted molar refractivity (Wildman–Crippen MR) is 60.5 cm³/mol. The predicted octanol–water partition coefficient (Wildman–Crippen LogP) is -1.00. The SMILES string of the molecule is CNCC(C)NCCCS(=O)(=O)OC(N)=O. The van der Waals surface area contributed by atoms with Gasteiger partial charge in [-0.1, -0.05) is 0 Å². The Labute approximate surface area is 95.8 Å². The summed E-state index contributed by atoms with van der Waals surface area (Å²) in [6, 6.07) is 0.254. The second kappa shape index (κ2) is 7.42. The van der Waals surface area contributed by atoms with Gasteiger partial charge in [0.05, 0.1) is 5.75 Å². The lowest BCUT2D eigenvalue weighted by Gasteiger charge is -2.12. The van der Waals surface area contributed by atoms with Gasteiger partial charge in [0, 0.05) is 12.6 Å². The van der Waals surface area contributed by atoms with Gasteiger partial charge < -0.3 is 20.6 Å². The Morgan fingerprint density at radius 3 is 2.62 bits per heavy atom. The van der Waals surface area contributed by atoms with E-state index in [0.29, 0.717) is 13.0 Å². The lowest BCUT2D eigenvalue weighted by molar-refractivity contribution is 0.212. The maximum absolute atomic E-state index is 11.0. The molecule has 16 heavy (non-hydrogen) atoms. The number of likely N-dealkylation sites (N-methyl/N-ethyl adjacent to an activating group) is 1. The monoisotopic (exact) mass is 253 g/mol. The first-order valence-electron chi connectivity index (χ1n) is 4.97. The summed E-state index contributed by atoms with van der Waals surface area (Å²) in [5, 5.41) is 6.09. The van der Waals surface area contributed by atoms with Crippen LogP contribution in [0.2, 0.25) is 0 Å². The van der Waals surface area contributed by atoms with Crippen molar-refractivity contribution in [3.8, 4) is 0 Å². The highest BCUT2D eigenvalue weighted by Crippen LogP contribution is 1.95. The van der Waals surface area contributed by atoms with Gasteiger partial charge in [0.2, 0.25) is 0 Å². The lowest BCUT2D eigenvalue weighted by atomic mass is 10.3. The summed E-state index contributed by atoms with van der Waals surface area (Å²) in [5.74, 6) is -0.227. The smallest absolute Gasteiger partial charge is 0.334 e. The molecular formula is C8H19N3O4S. The average Bonchev–Trinajstić information content (AvgIpc) is 2.11. The van der Waals surface area contributed by atoms with E-state index in [4.69, 9.17) is 0 Å². The molecule has 1 atom stereocenters. The van der Waals surface area contributed by atoms with Crippen molar-refractivity contribution in [3.63, 3.8) is 0 Å². The molecule has 96 valence electrons. The topological polar surface area (TPSA) is 111 Å². The van der Waals surface area contributed by atoms with Crippen LogP contribution in [0.5, 0.6) is 0 Å². The number of nitrogens with two attached hydrogens (primary N) is 1. The van der Waals surface area contributed by atoms with Crippen LogP contribution < -0.4 is 16.4 Å². The van der Waals surface area contributed by atoms with E-state index in [1.807, 2.05) is 14.0 Å². The van der Waals surface area contributed by atoms with E-state index in [9.17, 15) is 13.2 Å². The van der Waals surface area contributed by atoms with Crippen LogP contribution in [0.1, 0.15) is 13.3 Å². The number of hydrogen-bond donors (Lipinski definition) is 3. The number of amides is 1. The minimum atomic E-state index is -3.82. The molecule has 0 aliphatic rings. The third kappa shape index (κ3) is 8.45. The molecule has 0 fully saturated rings. The highest BCUT2D eigenvalue weighted by molar-refractivity contribution is 7.87. The maximum atomic E-state index is 11.0. The zero-order chi connectivity index (χ0) is 12.6. The molecule has 0 aliphatic heterocycles. The molecule has 1 amide bonds. The van der Waals surface area contributed by atoms with E-state index in [1.54, 1.807) is 0 Å². The summed E-state index contributed by atoms with van der Waals surface area (Å²) in [5.41, 5.74) is 4.61. The van der Waals surface area contributed by atoms with Crippen molar-refractivity contribution in [1.82, 2.24) is 10.6 Å². The van der Waals surface area contributed by atoms with Crippen LogP contribution in [0, 0.1) is 0 Å². The highest BCUT2D eigenvalue weighted by Gasteiger charge is 2.14. The van der Waals surface area contributed by atoms with E-state index in [2.05, 4.69) is 20.6 Å². The van der Waals surface area contributed by atoms with Gasteiger partial charge in [-0.25, -0.2) is 4.79 Å². The quantitative estimate of drug-likeness (QED) is 0.378. The van der Waals surface area contributed by atoms with Gasteiger partial charge >= 0.3 is 16.2 Å². The molecule has 0 radical (unpaired) electrons. The van der Waals surface area contributed by atoms with Crippen molar-refractivity contribution in [1.29, 1.82) is 0 Å². The maximum Gasteiger partial charge on any atom is 0.420 e. The van der Waals surface area contributed by atoms with Crippen molar-refractivity contribution in [2.75, 3.05) is 25.9 Å². The van der Waals surface area contributed by atoms with Gasteiger partial charge in [-0.05, 0) is 26.9 Å². The summed E-state index contributed by atoms with van der Waals surface area (Å²) >= 11 is 0. The van der Waals surface area contributed by atoms with Crippen molar-refractivity contribution < 1.29 is 17.4 Å². The molecule has 8 heteroatoms. The van der Waals surface area contributed by atoms with Crippen molar-refractivity contribution in [3.05, 3.63) is 0 Å². The summed E-state index contributed by atoms with van der Waals surface area (Å²) in [6.07, 6.45) is -0.930. The molecule has 0 aliphatic carbocycles. The van der Waals surface area contributed by atoms with Crippen LogP contribution in [0.15, 0.2) is 0 Å². The van der Waals surface area contributed by atoms with Gasteiger partial charge in [-0.3, -0.25) is 0 Å². The number of primary amides is 1. The molecule has 0 aromatic carbocycles. The van der Waals surface area contributed by atoms with Gasteiger partial charge in [0.15, 0.2) is 0 Å². The zero-order valence-corrected chi connectivity index (χ0v) is 10.3. The molecule has 0 rings (SSSR count). The number of rotatable bonds is 8. The number of carbonyl (C=O) groups excluding carboxylic acids is 1. The van der Waals surface area contributed by atoms with Gasteiger partial charge in [-0.15, -0.1) is 0 Å². The first-order valence-corrected chi connectivity index (χ1v) is 6.54. The Balaban J connectivity index is 3.69. The van der Waals surface area contributed by atoms with E-state index >= 15 is 0 Å². The summed E-state index contributed by atoms with van der Waals surface area (Å²) < 4.78 is 26.1. The fourth-order valence-corrected chi connectivity index (χ4v) is 1.97. The third-order valence-corrected chi connectivity index (χ3v) is 2.99. The molecule has 0 spiro atoms. The second-order valence-electron chi connectivity index (χ2n) is 3.43. The minimum Gasteiger partial charge on any atom is -0.334 e. The van der Waals surface area contributed by atoms with Gasteiger partial charge in [-0.2, -0.15) is 8.42 Å². The molecule has 0 bridgehead atoms. The molecule has 0 saturated carbocycles. The molecule has 0 aromatic heterocycles. The Hall–Kier alpha value is -0.860. The fraction of sp³-hybridized carbons (Fsp3) is 0.875. The molecule has 1 unspecified atom stereocenters. The molecule has 0 saturated heterocycles. The van der Waals surface area contributed by atoms with Crippen LogP contribution in [-0.4, -0.2) is 46.4 Å². The third-order valence-electron chi connectivity index (χ3n) is 1.78. The highest BCUT2D eigenvalue weighted by atomic mass is 32.2. The van der Waals surface area contributed by atoms with Crippen molar-refractivity contribution in [2.24, 2.45) is 5.73 Å². The van der Waals surface area contributed by atoms with E-state index in [0.717, 1.165) is 6.54 Å². The first kappa shape index (κ1) is 15.1. The molecular weight excluding hydrogens is 234 g/mol. The number of carbonyl (C=O) groups is 1. The summed E-state index contributed by atoms with van der Waals surface area (Å²) in [6.45, 7) is 3.31. The number of hydrogen-bond acceptors (Lipinski definition) is 6. The fourth-order valence-electron chi connectivity index (χ4n) is 1.14. The molecule has 0 aromatic rings. The van der Waals surface area contributed by atoms with Crippen LogP contribution in [0.3, 0.4) is 0 Å². The molecule has 4 N–H and O–H groups in total. The average molecular weight is 253 g/mol. The summed E-state index contributed by atoms with van der Waals surface area (Å²) in [7, 11) is -1.98. The summed E-state index contributed by atoms with van der Waals surface area (Å²) in [4.78, 5) is 10.2. The Bertz CT molecular complexity index is 304. The molecule has 0 heterocycles. The minimum absolute atomic E-state index is 0.227. The number of nitrogens with one attached hydrogen (secondary N) is 2.